The second-order valence-corrected chi connectivity index (χ2v) is 8.62. The van der Waals surface area contributed by atoms with Crippen molar-refractivity contribution in [2.75, 3.05) is 38.5 Å². The van der Waals surface area contributed by atoms with Gasteiger partial charge in [-0.2, -0.15) is 4.31 Å². The van der Waals surface area contributed by atoms with Crippen LogP contribution in [0.1, 0.15) is 34.1 Å². The lowest BCUT2D eigenvalue weighted by Gasteiger charge is -2.33. The standard InChI is InChI=1S/C14H27N3O5S/c1-5-23(20,21)17-10-8-16(9-11-17)12(18)6-7-15-13(19)22-14(2,3)4/h5-11H2,1-4H3,(H,15,19). The molecule has 9 heteroatoms. The van der Waals surface area contributed by atoms with E-state index < -0.39 is 21.7 Å². The molecule has 0 unspecified atom stereocenters. The Labute approximate surface area is 138 Å². The van der Waals surface area contributed by atoms with E-state index in [0.717, 1.165) is 0 Å². The van der Waals surface area contributed by atoms with Crippen LogP contribution in [0.5, 0.6) is 0 Å². The Balaban J connectivity index is 2.31. The van der Waals surface area contributed by atoms with Gasteiger partial charge in [0.05, 0.1) is 5.75 Å². The van der Waals surface area contributed by atoms with E-state index in [-0.39, 0.29) is 24.6 Å². The van der Waals surface area contributed by atoms with Crippen LogP contribution >= 0.6 is 0 Å². The van der Waals surface area contributed by atoms with E-state index in [9.17, 15) is 18.0 Å². The van der Waals surface area contributed by atoms with Crippen LogP contribution in [0.3, 0.4) is 0 Å². The summed E-state index contributed by atoms with van der Waals surface area (Å²) in [7, 11) is -3.19. The number of hydrogen-bond acceptors (Lipinski definition) is 5. The van der Waals surface area contributed by atoms with Crippen molar-refractivity contribution in [3.05, 3.63) is 0 Å². The van der Waals surface area contributed by atoms with Gasteiger partial charge < -0.3 is 15.0 Å². The molecule has 1 fully saturated rings. The number of hydrogen-bond donors (Lipinski definition) is 1. The predicted octanol–water partition coefficient (Wildman–Crippen LogP) is 0.395. The smallest absolute Gasteiger partial charge is 0.407 e. The maximum Gasteiger partial charge on any atom is 0.407 e. The first kappa shape index (κ1) is 19.7. The van der Waals surface area contributed by atoms with Gasteiger partial charge in [0, 0.05) is 39.1 Å². The first-order chi connectivity index (χ1) is 10.5. The molecule has 23 heavy (non-hydrogen) atoms. The van der Waals surface area contributed by atoms with Crippen molar-refractivity contribution in [1.82, 2.24) is 14.5 Å². The molecule has 0 saturated carbocycles. The Morgan fingerprint density at radius 2 is 1.70 bits per heavy atom. The third kappa shape index (κ3) is 6.74. The molecule has 0 radical (unpaired) electrons. The molecule has 1 heterocycles. The highest BCUT2D eigenvalue weighted by molar-refractivity contribution is 7.89. The Hall–Kier alpha value is -1.35. The van der Waals surface area contributed by atoms with Crippen LogP contribution in [0.25, 0.3) is 0 Å². The van der Waals surface area contributed by atoms with Crippen LogP contribution in [-0.2, 0) is 19.6 Å². The summed E-state index contributed by atoms with van der Waals surface area (Å²) in [5.41, 5.74) is -0.574. The van der Waals surface area contributed by atoms with Crippen molar-refractivity contribution in [3.63, 3.8) is 0 Å². The molecular weight excluding hydrogens is 322 g/mol. The van der Waals surface area contributed by atoms with E-state index in [2.05, 4.69) is 5.32 Å². The van der Waals surface area contributed by atoms with Crippen LogP contribution in [0.2, 0.25) is 0 Å². The topological polar surface area (TPSA) is 96.0 Å². The van der Waals surface area contributed by atoms with Gasteiger partial charge >= 0.3 is 6.09 Å². The molecule has 0 aromatic heterocycles. The maximum atomic E-state index is 12.1. The van der Waals surface area contributed by atoms with E-state index in [1.54, 1.807) is 32.6 Å². The average Bonchev–Trinajstić information content (AvgIpc) is 2.45. The zero-order valence-corrected chi connectivity index (χ0v) is 15.1. The summed E-state index contributed by atoms with van der Waals surface area (Å²) in [4.78, 5) is 25.2. The lowest BCUT2D eigenvalue weighted by molar-refractivity contribution is -0.132. The van der Waals surface area contributed by atoms with Crippen LogP contribution in [0.15, 0.2) is 0 Å². The largest absolute Gasteiger partial charge is 0.444 e. The zero-order valence-electron chi connectivity index (χ0n) is 14.3. The molecule has 0 bridgehead atoms. The number of sulfonamides is 1. The van der Waals surface area contributed by atoms with Crippen LogP contribution in [0, 0.1) is 0 Å². The number of rotatable bonds is 5. The Morgan fingerprint density at radius 3 is 2.17 bits per heavy atom. The van der Waals surface area contributed by atoms with Gasteiger partial charge in [-0.05, 0) is 27.7 Å². The lowest BCUT2D eigenvalue weighted by atomic mass is 10.2. The van der Waals surface area contributed by atoms with E-state index in [0.29, 0.717) is 26.2 Å². The van der Waals surface area contributed by atoms with Gasteiger partial charge in [-0.15, -0.1) is 0 Å². The molecule has 0 aromatic rings. The highest BCUT2D eigenvalue weighted by Gasteiger charge is 2.27. The van der Waals surface area contributed by atoms with E-state index in [1.165, 1.54) is 4.31 Å². The molecule has 0 aliphatic carbocycles. The SMILES string of the molecule is CCS(=O)(=O)N1CCN(C(=O)CCNC(=O)OC(C)(C)C)CC1. The fraction of sp³-hybridized carbons (Fsp3) is 0.857. The summed E-state index contributed by atoms with van der Waals surface area (Å²) >= 11 is 0. The molecular formula is C14H27N3O5S. The first-order valence-electron chi connectivity index (χ1n) is 7.77. The molecule has 1 rings (SSSR count). The number of ether oxygens (including phenoxy) is 1. The van der Waals surface area contributed by atoms with E-state index >= 15 is 0 Å². The third-order valence-electron chi connectivity index (χ3n) is 3.36. The molecule has 1 aliphatic rings. The number of nitrogens with one attached hydrogen (secondary N) is 1. The highest BCUT2D eigenvalue weighted by Crippen LogP contribution is 2.09. The molecule has 0 atom stereocenters. The lowest BCUT2D eigenvalue weighted by Crippen LogP contribution is -2.51. The Kier molecular flexibility index (Phi) is 6.82. The number of piperazine rings is 1. The van der Waals surface area contributed by atoms with Gasteiger partial charge in [-0.1, -0.05) is 0 Å². The summed E-state index contributed by atoms with van der Waals surface area (Å²) in [6, 6.07) is 0. The fourth-order valence-corrected chi connectivity index (χ4v) is 3.23. The number of nitrogens with zero attached hydrogens (tertiary/aromatic N) is 2. The van der Waals surface area contributed by atoms with Crippen LogP contribution < -0.4 is 5.32 Å². The molecule has 134 valence electrons. The van der Waals surface area contributed by atoms with Gasteiger partial charge in [0.15, 0.2) is 0 Å². The number of carbonyl (C=O) groups excluding carboxylic acids is 2. The number of amides is 2. The minimum absolute atomic E-state index is 0.0702. The molecule has 2 amide bonds. The van der Waals surface area contributed by atoms with Crippen molar-refractivity contribution in [1.29, 1.82) is 0 Å². The van der Waals surface area contributed by atoms with Crippen LogP contribution in [-0.4, -0.2) is 73.7 Å². The third-order valence-corrected chi connectivity index (χ3v) is 5.24. The van der Waals surface area contributed by atoms with Crippen molar-refractivity contribution in [2.45, 2.75) is 39.7 Å². The van der Waals surface area contributed by atoms with Crippen molar-refractivity contribution in [2.24, 2.45) is 0 Å². The van der Waals surface area contributed by atoms with Crippen LogP contribution in [0.4, 0.5) is 4.79 Å². The fourth-order valence-electron chi connectivity index (χ4n) is 2.14. The predicted molar refractivity (Wildman–Crippen MR) is 86.5 cm³/mol. The molecule has 1 N–H and O–H groups in total. The van der Waals surface area contributed by atoms with Crippen molar-refractivity contribution in [3.8, 4) is 0 Å². The molecule has 1 saturated heterocycles. The Morgan fingerprint density at radius 1 is 1.13 bits per heavy atom. The number of carbonyl (C=O) groups is 2. The first-order valence-corrected chi connectivity index (χ1v) is 9.38. The van der Waals surface area contributed by atoms with E-state index in [1.807, 2.05) is 0 Å². The minimum Gasteiger partial charge on any atom is -0.444 e. The van der Waals surface area contributed by atoms with Crippen molar-refractivity contribution < 1.29 is 22.7 Å². The maximum absolute atomic E-state index is 12.1. The second kappa shape index (κ2) is 7.96. The summed E-state index contributed by atoms with van der Waals surface area (Å²) < 4.78 is 30.0. The van der Waals surface area contributed by atoms with Gasteiger partial charge in [0.25, 0.3) is 0 Å². The molecule has 0 aromatic carbocycles. The molecule has 1 aliphatic heterocycles. The summed E-state index contributed by atoms with van der Waals surface area (Å²) in [5.74, 6) is -0.0320. The van der Waals surface area contributed by atoms with Gasteiger partial charge in [0.2, 0.25) is 15.9 Å². The van der Waals surface area contributed by atoms with E-state index in [4.69, 9.17) is 4.74 Å². The van der Waals surface area contributed by atoms with Gasteiger partial charge in [-0.25, -0.2) is 13.2 Å². The summed E-state index contributed by atoms with van der Waals surface area (Å²) in [6.07, 6.45) is -0.385. The monoisotopic (exact) mass is 349 g/mol. The normalized spacial score (nSPS) is 17.0. The zero-order chi connectivity index (χ0) is 17.7. The van der Waals surface area contributed by atoms with Gasteiger partial charge in [-0.3, -0.25) is 4.79 Å². The quantitative estimate of drug-likeness (QED) is 0.775. The minimum atomic E-state index is -3.19. The Bertz CT molecular complexity index is 519. The highest BCUT2D eigenvalue weighted by atomic mass is 32.2. The number of alkyl carbamates (subject to hydrolysis) is 1. The molecule has 8 nitrogen and oxygen atoms in total. The average molecular weight is 349 g/mol. The van der Waals surface area contributed by atoms with Crippen molar-refractivity contribution >= 4 is 22.0 Å². The van der Waals surface area contributed by atoms with Gasteiger partial charge in [0.1, 0.15) is 5.60 Å². The summed E-state index contributed by atoms with van der Waals surface area (Å²) in [6.45, 7) is 8.50. The summed E-state index contributed by atoms with van der Waals surface area (Å²) in [5, 5.41) is 2.54. The molecule has 0 spiro atoms. The second-order valence-electron chi connectivity index (χ2n) is 6.36.